The van der Waals surface area contributed by atoms with Crippen molar-refractivity contribution in [2.75, 3.05) is 0 Å². The number of aryl methyl sites for hydroxylation is 1. The summed E-state index contributed by atoms with van der Waals surface area (Å²) in [7, 11) is 0. The number of furan rings is 1. The van der Waals surface area contributed by atoms with Crippen LogP contribution in [0.5, 0.6) is 0 Å². The summed E-state index contributed by atoms with van der Waals surface area (Å²) in [6, 6.07) is 4.31. The third-order valence-corrected chi connectivity index (χ3v) is 3.12. The average molecular weight is 310 g/mol. The van der Waals surface area contributed by atoms with Crippen LogP contribution in [0.15, 0.2) is 28.8 Å². The molecule has 2 heterocycles. The van der Waals surface area contributed by atoms with Crippen molar-refractivity contribution >= 4 is 23.2 Å². The van der Waals surface area contributed by atoms with Crippen LogP contribution in [0.2, 0.25) is 5.15 Å². The second-order valence-corrected chi connectivity index (χ2v) is 4.76. The van der Waals surface area contributed by atoms with Gasteiger partial charge in [0.2, 0.25) is 5.15 Å². The summed E-state index contributed by atoms with van der Waals surface area (Å²) >= 11 is 5.67. The van der Waals surface area contributed by atoms with E-state index < -0.39 is 22.6 Å². The summed E-state index contributed by atoms with van der Waals surface area (Å²) in [5.74, 6) is 0.653. The molecule has 0 bridgehead atoms. The molecule has 0 aliphatic heterocycles. The van der Waals surface area contributed by atoms with Crippen LogP contribution >= 0.6 is 11.6 Å². The van der Waals surface area contributed by atoms with Gasteiger partial charge in [-0.2, -0.15) is 0 Å². The lowest BCUT2D eigenvalue weighted by molar-refractivity contribution is -0.385. The standard InChI is InChI=1S/C13H12ClN3O4/c1-7-3-4-10(21-7)8(2)16-13(18)9-5-6-15-12(14)11(9)17(19)20/h3-6,8H,1-2H3,(H,16,18). The first kappa shape index (κ1) is 15.0. The van der Waals surface area contributed by atoms with Gasteiger partial charge in [-0.3, -0.25) is 14.9 Å². The largest absolute Gasteiger partial charge is 0.464 e. The number of rotatable bonds is 4. The molecule has 0 fully saturated rings. The van der Waals surface area contributed by atoms with Gasteiger partial charge < -0.3 is 9.73 Å². The summed E-state index contributed by atoms with van der Waals surface area (Å²) in [5.41, 5.74) is -0.658. The zero-order valence-electron chi connectivity index (χ0n) is 11.3. The zero-order valence-corrected chi connectivity index (χ0v) is 12.0. The Bertz CT molecular complexity index is 698. The second kappa shape index (κ2) is 5.92. The van der Waals surface area contributed by atoms with Crippen LogP contribution in [0.4, 0.5) is 5.69 Å². The lowest BCUT2D eigenvalue weighted by Crippen LogP contribution is -2.27. The number of amides is 1. The first-order valence-electron chi connectivity index (χ1n) is 6.06. The molecule has 0 aliphatic rings. The highest BCUT2D eigenvalue weighted by atomic mass is 35.5. The lowest BCUT2D eigenvalue weighted by atomic mass is 10.2. The van der Waals surface area contributed by atoms with Gasteiger partial charge in [0.05, 0.1) is 11.0 Å². The molecular formula is C13H12ClN3O4. The van der Waals surface area contributed by atoms with E-state index in [1.807, 2.05) is 0 Å². The van der Waals surface area contributed by atoms with Crippen LogP contribution in [-0.2, 0) is 0 Å². The Labute approximate surface area is 125 Å². The van der Waals surface area contributed by atoms with Gasteiger partial charge in [-0.1, -0.05) is 11.6 Å². The number of nitrogens with one attached hydrogen (secondary N) is 1. The summed E-state index contributed by atoms with van der Waals surface area (Å²) < 4.78 is 5.40. The minimum atomic E-state index is -0.730. The van der Waals surface area contributed by atoms with Crippen molar-refractivity contribution in [3.8, 4) is 0 Å². The van der Waals surface area contributed by atoms with Gasteiger partial charge in [0.15, 0.2) is 0 Å². The van der Waals surface area contributed by atoms with Crippen LogP contribution < -0.4 is 5.32 Å². The molecule has 8 heteroatoms. The molecule has 0 saturated heterocycles. The first-order valence-corrected chi connectivity index (χ1v) is 6.44. The first-order chi connectivity index (χ1) is 9.90. The molecule has 110 valence electrons. The predicted molar refractivity (Wildman–Crippen MR) is 75.2 cm³/mol. The van der Waals surface area contributed by atoms with Gasteiger partial charge in [0.25, 0.3) is 5.91 Å². The van der Waals surface area contributed by atoms with Crippen molar-refractivity contribution in [3.05, 3.63) is 56.7 Å². The molecule has 1 N–H and O–H groups in total. The van der Waals surface area contributed by atoms with E-state index in [1.54, 1.807) is 26.0 Å². The lowest BCUT2D eigenvalue weighted by Gasteiger charge is -2.11. The number of hydrogen-bond donors (Lipinski definition) is 1. The molecule has 2 aromatic heterocycles. The molecule has 1 amide bonds. The Morgan fingerprint density at radius 3 is 2.76 bits per heavy atom. The fraction of sp³-hybridized carbons (Fsp3) is 0.231. The Morgan fingerprint density at radius 1 is 1.48 bits per heavy atom. The molecule has 0 aromatic carbocycles. The van der Waals surface area contributed by atoms with Crippen molar-refractivity contribution in [1.82, 2.24) is 10.3 Å². The van der Waals surface area contributed by atoms with Gasteiger partial charge in [-0.05, 0) is 32.0 Å². The number of halogens is 1. The van der Waals surface area contributed by atoms with Crippen molar-refractivity contribution in [2.45, 2.75) is 19.9 Å². The van der Waals surface area contributed by atoms with Gasteiger partial charge in [-0.25, -0.2) is 4.98 Å². The average Bonchev–Trinajstić information content (AvgIpc) is 2.84. The Morgan fingerprint density at radius 2 is 2.19 bits per heavy atom. The van der Waals surface area contributed by atoms with Crippen molar-refractivity contribution in [2.24, 2.45) is 0 Å². The van der Waals surface area contributed by atoms with E-state index in [0.29, 0.717) is 11.5 Å². The van der Waals surface area contributed by atoms with Crippen LogP contribution in [0.25, 0.3) is 0 Å². The molecule has 7 nitrogen and oxygen atoms in total. The van der Waals surface area contributed by atoms with Crippen LogP contribution in [0.1, 0.15) is 34.8 Å². The molecular weight excluding hydrogens is 298 g/mol. The number of pyridine rings is 1. The number of carbonyl (C=O) groups is 1. The SMILES string of the molecule is Cc1ccc(C(C)NC(=O)c2ccnc(Cl)c2[N+](=O)[O-])o1. The number of nitrogens with zero attached hydrogens (tertiary/aromatic N) is 2. The van der Waals surface area contributed by atoms with Crippen molar-refractivity contribution < 1.29 is 14.1 Å². The minimum Gasteiger partial charge on any atom is -0.464 e. The van der Waals surface area contributed by atoms with E-state index in [1.165, 1.54) is 12.3 Å². The topological polar surface area (TPSA) is 98.3 Å². The zero-order chi connectivity index (χ0) is 15.6. The van der Waals surface area contributed by atoms with Crippen LogP contribution in [-0.4, -0.2) is 15.8 Å². The predicted octanol–water partition coefficient (Wildman–Crippen LogP) is 3.04. The molecule has 0 aliphatic carbocycles. The summed E-state index contributed by atoms with van der Waals surface area (Å²) in [6.45, 7) is 3.50. The minimum absolute atomic E-state index is 0.143. The maximum atomic E-state index is 12.2. The molecule has 0 spiro atoms. The smallest absolute Gasteiger partial charge is 0.319 e. The highest BCUT2D eigenvalue weighted by Crippen LogP contribution is 2.26. The Hall–Kier alpha value is -2.41. The fourth-order valence-corrected chi connectivity index (χ4v) is 2.04. The molecule has 0 radical (unpaired) electrons. The van der Waals surface area contributed by atoms with E-state index in [2.05, 4.69) is 10.3 Å². The highest BCUT2D eigenvalue weighted by molar-refractivity contribution is 6.32. The van der Waals surface area contributed by atoms with Gasteiger partial charge in [0, 0.05) is 6.20 Å². The molecule has 21 heavy (non-hydrogen) atoms. The monoisotopic (exact) mass is 309 g/mol. The molecule has 1 atom stereocenters. The summed E-state index contributed by atoms with van der Waals surface area (Å²) in [6.07, 6.45) is 1.24. The van der Waals surface area contributed by atoms with Gasteiger partial charge in [0.1, 0.15) is 17.1 Å². The second-order valence-electron chi connectivity index (χ2n) is 4.40. The van der Waals surface area contributed by atoms with Crippen molar-refractivity contribution in [1.29, 1.82) is 0 Å². The van der Waals surface area contributed by atoms with E-state index in [9.17, 15) is 14.9 Å². The maximum absolute atomic E-state index is 12.2. The third kappa shape index (κ3) is 3.19. The number of nitro groups is 1. The number of carbonyl (C=O) groups excluding carboxylic acids is 1. The number of aromatic nitrogens is 1. The summed E-state index contributed by atoms with van der Waals surface area (Å²) in [4.78, 5) is 26.0. The van der Waals surface area contributed by atoms with E-state index >= 15 is 0 Å². The van der Waals surface area contributed by atoms with E-state index in [0.717, 1.165) is 0 Å². The van der Waals surface area contributed by atoms with Gasteiger partial charge >= 0.3 is 5.69 Å². The normalized spacial score (nSPS) is 12.0. The van der Waals surface area contributed by atoms with Crippen LogP contribution in [0.3, 0.4) is 0 Å². The molecule has 0 saturated carbocycles. The summed E-state index contributed by atoms with van der Waals surface area (Å²) in [5, 5.41) is 13.3. The van der Waals surface area contributed by atoms with E-state index in [4.69, 9.17) is 16.0 Å². The molecule has 2 aromatic rings. The maximum Gasteiger partial charge on any atom is 0.319 e. The Kier molecular flexibility index (Phi) is 4.23. The third-order valence-electron chi connectivity index (χ3n) is 2.84. The quantitative estimate of drug-likeness (QED) is 0.531. The molecule has 1 unspecified atom stereocenters. The van der Waals surface area contributed by atoms with E-state index in [-0.39, 0.29) is 10.7 Å². The van der Waals surface area contributed by atoms with Crippen LogP contribution in [0, 0.1) is 17.0 Å². The van der Waals surface area contributed by atoms with Gasteiger partial charge in [-0.15, -0.1) is 0 Å². The molecule has 2 rings (SSSR count). The number of hydrogen-bond acceptors (Lipinski definition) is 5. The Balaban J connectivity index is 2.25. The van der Waals surface area contributed by atoms with Crippen molar-refractivity contribution in [3.63, 3.8) is 0 Å². The highest BCUT2D eigenvalue weighted by Gasteiger charge is 2.26. The fourth-order valence-electron chi connectivity index (χ4n) is 1.82.